The lowest BCUT2D eigenvalue weighted by Crippen LogP contribution is -2.25. The number of hydrogen-bond donors (Lipinski definition) is 3. The molecule has 2 atom stereocenters. The van der Waals surface area contributed by atoms with Gasteiger partial charge in [0.25, 0.3) is 0 Å². The molecule has 0 spiro atoms. The average Bonchev–Trinajstić information content (AvgIpc) is 2.15. The third-order valence-electron chi connectivity index (χ3n) is 2.09. The van der Waals surface area contributed by atoms with E-state index in [-0.39, 0.29) is 5.75 Å². The predicted molar refractivity (Wildman–Crippen MR) is 51.3 cm³/mol. The fourth-order valence-electron chi connectivity index (χ4n) is 1.21. The van der Waals surface area contributed by atoms with E-state index in [1.165, 1.54) is 0 Å². The van der Waals surface area contributed by atoms with Gasteiger partial charge in [-0.1, -0.05) is 19.1 Å². The van der Waals surface area contributed by atoms with Crippen molar-refractivity contribution < 1.29 is 10.2 Å². The predicted octanol–water partition coefficient (Wildman–Crippen LogP) is 1.16. The summed E-state index contributed by atoms with van der Waals surface area (Å²) in [7, 11) is 0. The Morgan fingerprint density at radius 3 is 2.69 bits per heavy atom. The molecule has 0 aromatic heterocycles. The van der Waals surface area contributed by atoms with Crippen molar-refractivity contribution in [1.82, 2.24) is 0 Å². The maximum Gasteiger partial charge on any atom is 0.115 e. The first-order chi connectivity index (χ1) is 6.15. The lowest BCUT2D eigenvalue weighted by Gasteiger charge is -2.17. The Kier molecular flexibility index (Phi) is 3.28. The highest BCUT2D eigenvalue weighted by atomic mass is 16.3. The van der Waals surface area contributed by atoms with E-state index in [9.17, 15) is 10.2 Å². The van der Waals surface area contributed by atoms with Gasteiger partial charge in [-0.3, -0.25) is 0 Å². The van der Waals surface area contributed by atoms with Crippen LogP contribution < -0.4 is 5.73 Å². The molecule has 0 saturated carbocycles. The molecule has 0 aliphatic heterocycles. The van der Waals surface area contributed by atoms with Crippen LogP contribution in [0.1, 0.15) is 24.9 Å². The number of phenolic OH excluding ortho intramolecular Hbond substituents is 1. The second kappa shape index (κ2) is 4.25. The molecule has 2 unspecified atom stereocenters. The van der Waals surface area contributed by atoms with Crippen LogP contribution in [0.15, 0.2) is 24.3 Å². The minimum Gasteiger partial charge on any atom is -0.508 e. The summed E-state index contributed by atoms with van der Waals surface area (Å²) in [5.41, 5.74) is 6.52. The number of hydrogen-bond acceptors (Lipinski definition) is 3. The van der Waals surface area contributed by atoms with Gasteiger partial charge in [-0.2, -0.15) is 0 Å². The van der Waals surface area contributed by atoms with Crippen molar-refractivity contribution in [2.24, 2.45) is 5.73 Å². The van der Waals surface area contributed by atoms with E-state index in [1.54, 1.807) is 24.3 Å². The first-order valence-corrected chi connectivity index (χ1v) is 4.37. The topological polar surface area (TPSA) is 66.5 Å². The number of phenols is 1. The number of benzene rings is 1. The van der Waals surface area contributed by atoms with Crippen LogP contribution in [0.5, 0.6) is 5.75 Å². The number of aliphatic hydroxyl groups is 1. The van der Waals surface area contributed by atoms with Crippen LogP contribution in [0.3, 0.4) is 0 Å². The summed E-state index contributed by atoms with van der Waals surface area (Å²) >= 11 is 0. The fourth-order valence-corrected chi connectivity index (χ4v) is 1.21. The normalized spacial score (nSPS) is 15.3. The Bertz CT molecular complexity index is 275. The highest BCUT2D eigenvalue weighted by Crippen LogP contribution is 2.20. The zero-order valence-electron chi connectivity index (χ0n) is 7.64. The molecule has 0 amide bonds. The zero-order chi connectivity index (χ0) is 9.84. The quantitative estimate of drug-likeness (QED) is 0.655. The van der Waals surface area contributed by atoms with Crippen molar-refractivity contribution in [1.29, 1.82) is 0 Å². The maximum atomic E-state index is 9.46. The summed E-state index contributed by atoms with van der Waals surface area (Å²) in [6.45, 7) is 1.87. The van der Waals surface area contributed by atoms with Gasteiger partial charge >= 0.3 is 0 Å². The number of rotatable bonds is 3. The van der Waals surface area contributed by atoms with Crippen molar-refractivity contribution in [3.05, 3.63) is 29.8 Å². The molecule has 72 valence electrons. The van der Waals surface area contributed by atoms with E-state index >= 15 is 0 Å². The third kappa shape index (κ3) is 2.44. The zero-order valence-corrected chi connectivity index (χ0v) is 7.64. The standard InChI is InChI=1S/C10H15NO2/c1-2-9(13)10(11)7-4-3-5-8(12)6-7/h3-6,9-10,12-13H,2,11H2,1H3. The number of aromatic hydroxyl groups is 1. The molecule has 13 heavy (non-hydrogen) atoms. The lowest BCUT2D eigenvalue weighted by molar-refractivity contribution is 0.140. The first-order valence-electron chi connectivity index (χ1n) is 4.37. The minimum atomic E-state index is -0.554. The van der Waals surface area contributed by atoms with E-state index in [0.717, 1.165) is 5.56 Å². The molecule has 0 aliphatic rings. The molecule has 0 saturated heterocycles. The molecule has 0 fully saturated rings. The van der Waals surface area contributed by atoms with Gasteiger partial charge < -0.3 is 15.9 Å². The monoisotopic (exact) mass is 181 g/mol. The molecule has 0 bridgehead atoms. The molecule has 1 rings (SSSR count). The SMILES string of the molecule is CCC(O)C(N)c1cccc(O)c1. The summed E-state index contributed by atoms with van der Waals surface area (Å²) in [5.74, 6) is 0.177. The summed E-state index contributed by atoms with van der Waals surface area (Å²) in [6, 6.07) is 6.24. The molecular formula is C10H15NO2. The molecule has 4 N–H and O–H groups in total. The van der Waals surface area contributed by atoms with Crippen LogP contribution in [-0.4, -0.2) is 16.3 Å². The van der Waals surface area contributed by atoms with Crippen LogP contribution in [0.4, 0.5) is 0 Å². The summed E-state index contributed by atoms with van der Waals surface area (Å²) < 4.78 is 0. The molecule has 0 radical (unpaired) electrons. The molecule has 0 heterocycles. The highest BCUT2D eigenvalue weighted by molar-refractivity contribution is 5.29. The first kappa shape index (κ1) is 10.0. The van der Waals surface area contributed by atoms with Crippen LogP contribution in [-0.2, 0) is 0 Å². The third-order valence-corrected chi connectivity index (χ3v) is 2.09. The number of nitrogens with two attached hydrogens (primary N) is 1. The smallest absolute Gasteiger partial charge is 0.115 e. The van der Waals surface area contributed by atoms with Gasteiger partial charge in [0, 0.05) is 0 Å². The average molecular weight is 181 g/mol. The minimum absolute atomic E-state index is 0.177. The Hall–Kier alpha value is -1.06. The van der Waals surface area contributed by atoms with Crippen LogP contribution in [0.2, 0.25) is 0 Å². The number of aliphatic hydroxyl groups excluding tert-OH is 1. The molecule has 3 nitrogen and oxygen atoms in total. The molecular weight excluding hydrogens is 166 g/mol. The molecule has 0 aliphatic carbocycles. The Morgan fingerprint density at radius 2 is 2.15 bits per heavy atom. The van der Waals surface area contributed by atoms with E-state index in [4.69, 9.17) is 5.73 Å². The second-order valence-corrected chi connectivity index (χ2v) is 3.10. The van der Waals surface area contributed by atoms with Gasteiger partial charge in [0.05, 0.1) is 12.1 Å². The van der Waals surface area contributed by atoms with Crippen LogP contribution in [0.25, 0.3) is 0 Å². The largest absolute Gasteiger partial charge is 0.508 e. The summed E-state index contributed by atoms with van der Waals surface area (Å²) in [5, 5.41) is 18.6. The van der Waals surface area contributed by atoms with Crippen LogP contribution in [0, 0.1) is 0 Å². The van der Waals surface area contributed by atoms with Crippen LogP contribution >= 0.6 is 0 Å². The van der Waals surface area contributed by atoms with Crippen molar-refractivity contribution >= 4 is 0 Å². The van der Waals surface area contributed by atoms with E-state index < -0.39 is 12.1 Å². The van der Waals surface area contributed by atoms with E-state index in [2.05, 4.69) is 0 Å². The molecule has 1 aromatic carbocycles. The van der Waals surface area contributed by atoms with E-state index in [1.807, 2.05) is 6.92 Å². The van der Waals surface area contributed by atoms with Gasteiger partial charge in [0.2, 0.25) is 0 Å². The molecule has 3 heteroatoms. The fraction of sp³-hybridized carbons (Fsp3) is 0.400. The Balaban J connectivity index is 2.82. The van der Waals surface area contributed by atoms with Gasteiger partial charge in [-0.15, -0.1) is 0 Å². The molecule has 1 aromatic rings. The highest BCUT2D eigenvalue weighted by Gasteiger charge is 2.14. The van der Waals surface area contributed by atoms with Gasteiger partial charge in [-0.05, 0) is 24.1 Å². The Morgan fingerprint density at radius 1 is 1.46 bits per heavy atom. The second-order valence-electron chi connectivity index (χ2n) is 3.10. The van der Waals surface area contributed by atoms with Gasteiger partial charge in [0.1, 0.15) is 5.75 Å². The Labute approximate surface area is 77.8 Å². The maximum absolute atomic E-state index is 9.46. The van der Waals surface area contributed by atoms with Gasteiger partial charge in [0.15, 0.2) is 0 Å². The lowest BCUT2D eigenvalue weighted by atomic mass is 10.0. The van der Waals surface area contributed by atoms with Crippen molar-refractivity contribution in [2.45, 2.75) is 25.5 Å². The van der Waals surface area contributed by atoms with Crippen molar-refractivity contribution in [2.75, 3.05) is 0 Å². The summed E-state index contributed by atoms with van der Waals surface area (Å²) in [6.07, 6.45) is 0.0541. The van der Waals surface area contributed by atoms with Crippen molar-refractivity contribution in [3.63, 3.8) is 0 Å². The van der Waals surface area contributed by atoms with Crippen molar-refractivity contribution in [3.8, 4) is 5.75 Å². The summed E-state index contributed by atoms with van der Waals surface area (Å²) in [4.78, 5) is 0. The van der Waals surface area contributed by atoms with Gasteiger partial charge in [-0.25, -0.2) is 0 Å². The van der Waals surface area contributed by atoms with E-state index in [0.29, 0.717) is 6.42 Å².